The number of morpholine rings is 1. The predicted molar refractivity (Wildman–Crippen MR) is 112 cm³/mol. The van der Waals surface area contributed by atoms with Crippen LogP contribution >= 0.6 is 11.6 Å². The van der Waals surface area contributed by atoms with Crippen LogP contribution in [0, 0.1) is 0 Å². The number of nitrogens with zero attached hydrogens (tertiary/aromatic N) is 1. The van der Waals surface area contributed by atoms with E-state index in [1.807, 2.05) is 31.3 Å². The maximum Gasteiger partial charge on any atom is 0.205 e. The first kappa shape index (κ1) is 21.1. The van der Waals surface area contributed by atoms with Crippen molar-refractivity contribution < 1.29 is 14.6 Å². The lowest BCUT2D eigenvalue weighted by atomic mass is 10.0. The summed E-state index contributed by atoms with van der Waals surface area (Å²) in [7, 11) is 1.91. The monoisotopic (exact) mass is 404 g/mol. The van der Waals surface area contributed by atoms with Crippen LogP contribution in [0.4, 0.5) is 0 Å². The number of likely N-dealkylation sites (N-methyl/N-ethyl adjacent to an activating group) is 1. The molecule has 0 aliphatic carbocycles. The first-order valence-electron chi connectivity index (χ1n) is 9.73. The third-order valence-electron chi connectivity index (χ3n) is 5.11. The molecule has 2 aromatic rings. The molecule has 1 aliphatic heterocycles. The molecule has 1 heterocycles. The summed E-state index contributed by atoms with van der Waals surface area (Å²) < 4.78 is 11.4. The number of aliphatic hydroxyl groups is 1. The van der Waals surface area contributed by atoms with E-state index in [1.165, 1.54) is 5.56 Å². The van der Waals surface area contributed by atoms with Crippen LogP contribution in [0.25, 0.3) is 0 Å². The second-order valence-corrected chi connectivity index (χ2v) is 7.70. The number of rotatable bonds is 8. The molecule has 5 nitrogen and oxygen atoms in total. The highest BCUT2D eigenvalue weighted by molar-refractivity contribution is 6.30. The van der Waals surface area contributed by atoms with Crippen LogP contribution in [0.5, 0.6) is 5.75 Å². The summed E-state index contributed by atoms with van der Waals surface area (Å²) in [4.78, 5) is 2.27. The Balaban J connectivity index is 1.60. The fraction of sp³-hybridized carbons (Fsp3) is 0.455. The molecule has 2 aromatic carbocycles. The van der Waals surface area contributed by atoms with Crippen molar-refractivity contribution in [2.75, 3.05) is 39.9 Å². The van der Waals surface area contributed by atoms with E-state index in [1.54, 1.807) is 12.1 Å². The molecule has 2 N–H and O–H groups in total. The molecule has 0 aromatic heterocycles. The maximum absolute atomic E-state index is 11.0. The smallest absolute Gasteiger partial charge is 0.205 e. The third-order valence-corrected chi connectivity index (χ3v) is 5.35. The van der Waals surface area contributed by atoms with Gasteiger partial charge in [-0.1, -0.05) is 35.9 Å². The molecule has 152 valence electrons. The molecule has 0 spiro atoms. The quantitative estimate of drug-likeness (QED) is 0.662. The normalized spacial score (nSPS) is 21.4. The highest BCUT2D eigenvalue weighted by Crippen LogP contribution is 2.30. The van der Waals surface area contributed by atoms with Crippen molar-refractivity contribution in [3.63, 3.8) is 0 Å². The topological polar surface area (TPSA) is 54.0 Å². The summed E-state index contributed by atoms with van der Waals surface area (Å²) in [6.07, 6.45) is 0.891. The van der Waals surface area contributed by atoms with Gasteiger partial charge in [0.2, 0.25) is 5.79 Å². The Morgan fingerprint density at radius 3 is 2.79 bits per heavy atom. The van der Waals surface area contributed by atoms with Crippen molar-refractivity contribution in [2.45, 2.75) is 25.2 Å². The minimum Gasteiger partial charge on any atom is -0.492 e. The summed E-state index contributed by atoms with van der Waals surface area (Å²) in [6.45, 7) is 5.34. The van der Waals surface area contributed by atoms with Crippen LogP contribution in [-0.4, -0.2) is 55.9 Å². The molecule has 1 aliphatic rings. The molecule has 28 heavy (non-hydrogen) atoms. The zero-order valence-corrected chi connectivity index (χ0v) is 17.3. The fourth-order valence-corrected chi connectivity index (χ4v) is 3.67. The van der Waals surface area contributed by atoms with Crippen molar-refractivity contribution in [3.05, 3.63) is 64.7 Å². The zero-order chi connectivity index (χ0) is 20.0. The molecule has 6 heteroatoms. The molecule has 0 amide bonds. The molecule has 2 unspecified atom stereocenters. The molecule has 1 saturated heterocycles. The Hall–Kier alpha value is -1.63. The van der Waals surface area contributed by atoms with Gasteiger partial charge < -0.3 is 19.9 Å². The van der Waals surface area contributed by atoms with E-state index in [2.05, 4.69) is 29.3 Å². The highest BCUT2D eigenvalue weighted by atomic mass is 35.5. The Labute approximate surface area is 172 Å². The molecular formula is C22H29ClN2O3. The average molecular weight is 405 g/mol. The predicted octanol–water partition coefficient (Wildman–Crippen LogP) is 3.05. The van der Waals surface area contributed by atoms with Gasteiger partial charge in [-0.3, -0.25) is 4.90 Å². The van der Waals surface area contributed by atoms with Crippen molar-refractivity contribution in [1.82, 2.24) is 10.2 Å². The summed E-state index contributed by atoms with van der Waals surface area (Å²) >= 11 is 6.09. The minimum atomic E-state index is -1.33. The van der Waals surface area contributed by atoms with E-state index >= 15 is 0 Å². The molecule has 0 bridgehead atoms. The second kappa shape index (κ2) is 9.72. The van der Waals surface area contributed by atoms with E-state index in [4.69, 9.17) is 21.1 Å². The van der Waals surface area contributed by atoms with Gasteiger partial charge in [0.15, 0.2) is 0 Å². The van der Waals surface area contributed by atoms with E-state index in [9.17, 15) is 5.11 Å². The Kier molecular flexibility index (Phi) is 7.32. The van der Waals surface area contributed by atoms with Crippen molar-refractivity contribution in [1.29, 1.82) is 0 Å². The number of nitrogens with one attached hydrogen (secondary N) is 1. The lowest BCUT2D eigenvalue weighted by molar-refractivity contribution is -0.251. The van der Waals surface area contributed by atoms with Gasteiger partial charge in [0.05, 0.1) is 13.2 Å². The number of benzene rings is 2. The van der Waals surface area contributed by atoms with Gasteiger partial charge in [0.1, 0.15) is 12.4 Å². The number of ether oxygens (including phenoxy) is 2. The van der Waals surface area contributed by atoms with Crippen LogP contribution < -0.4 is 10.1 Å². The number of hydrogen-bond acceptors (Lipinski definition) is 5. The van der Waals surface area contributed by atoms with Gasteiger partial charge in [-0.15, -0.1) is 0 Å². The molecule has 2 atom stereocenters. The van der Waals surface area contributed by atoms with Crippen molar-refractivity contribution >= 4 is 11.6 Å². The standard InChI is InChI=1S/C22H29ClN2O3/c1-17(14-18-6-8-21(9-7-18)27-12-10-24-2)25-11-13-28-22(26,16-25)19-4-3-5-20(23)15-19/h3-9,15,17,24,26H,10-14,16H2,1-2H3. The molecule has 3 rings (SSSR count). The molecular weight excluding hydrogens is 376 g/mol. The maximum atomic E-state index is 11.0. The van der Waals surface area contributed by atoms with Crippen LogP contribution in [-0.2, 0) is 16.9 Å². The van der Waals surface area contributed by atoms with E-state index in [0.29, 0.717) is 30.3 Å². The van der Waals surface area contributed by atoms with Gasteiger partial charge in [-0.05, 0) is 50.2 Å². The molecule has 0 saturated carbocycles. The number of hydrogen-bond donors (Lipinski definition) is 2. The Bertz CT molecular complexity index is 756. The van der Waals surface area contributed by atoms with Crippen LogP contribution in [0.15, 0.2) is 48.5 Å². The van der Waals surface area contributed by atoms with Crippen LogP contribution in [0.1, 0.15) is 18.1 Å². The fourth-order valence-electron chi connectivity index (χ4n) is 3.48. The summed E-state index contributed by atoms with van der Waals surface area (Å²) in [5, 5.41) is 14.7. The summed E-state index contributed by atoms with van der Waals surface area (Å²) in [5.74, 6) is -0.448. The van der Waals surface area contributed by atoms with Crippen LogP contribution in [0.2, 0.25) is 5.02 Å². The summed E-state index contributed by atoms with van der Waals surface area (Å²) in [6, 6.07) is 15.8. The van der Waals surface area contributed by atoms with E-state index in [0.717, 1.165) is 25.3 Å². The Morgan fingerprint density at radius 2 is 2.07 bits per heavy atom. The van der Waals surface area contributed by atoms with Crippen molar-refractivity contribution in [3.8, 4) is 5.75 Å². The minimum absolute atomic E-state index is 0.269. The highest BCUT2D eigenvalue weighted by Gasteiger charge is 2.37. The first-order chi connectivity index (χ1) is 13.5. The second-order valence-electron chi connectivity index (χ2n) is 7.26. The van der Waals surface area contributed by atoms with Gasteiger partial charge >= 0.3 is 0 Å². The number of β-amino-alcohol motifs (C(OH)–C–C–N with tert-alkyl or cyclic N) is 1. The van der Waals surface area contributed by atoms with Gasteiger partial charge in [0, 0.05) is 29.7 Å². The molecule has 1 fully saturated rings. The van der Waals surface area contributed by atoms with Gasteiger partial charge in [0.25, 0.3) is 0 Å². The molecule has 0 radical (unpaired) electrons. The number of halogens is 1. The largest absolute Gasteiger partial charge is 0.492 e. The van der Waals surface area contributed by atoms with E-state index in [-0.39, 0.29) is 6.04 Å². The zero-order valence-electron chi connectivity index (χ0n) is 16.5. The first-order valence-corrected chi connectivity index (χ1v) is 10.1. The van der Waals surface area contributed by atoms with Gasteiger partial charge in [-0.25, -0.2) is 0 Å². The third kappa shape index (κ3) is 5.46. The van der Waals surface area contributed by atoms with Crippen molar-refractivity contribution in [2.24, 2.45) is 0 Å². The average Bonchev–Trinajstić information content (AvgIpc) is 2.69. The lowest BCUT2D eigenvalue weighted by Gasteiger charge is -2.42. The van der Waals surface area contributed by atoms with Crippen LogP contribution in [0.3, 0.4) is 0 Å². The van der Waals surface area contributed by atoms with Gasteiger partial charge in [-0.2, -0.15) is 0 Å². The Morgan fingerprint density at radius 1 is 1.29 bits per heavy atom. The van der Waals surface area contributed by atoms with E-state index < -0.39 is 5.79 Å². The SMILES string of the molecule is CNCCOc1ccc(CC(C)N2CCOC(O)(c3cccc(Cl)c3)C2)cc1. The lowest BCUT2D eigenvalue weighted by Crippen LogP contribution is -2.53. The summed E-state index contributed by atoms with van der Waals surface area (Å²) in [5.41, 5.74) is 1.94.